The van der Waals surface area contributed by atoms with E-state index in [0.717, 1.165) is 11.4 Å². The lowest BCUT2D eigenvalue weighted by Gasteiger charge is -2.37. The van der Waals surface area contributed by atoms with Crippen molar-refractivity contribution in [1.82, 2.24) is 9.88 Å². The number of anilines is 2. The van der Waals surface area contributed by atoms with Crippen molar-refractivity contribution in [2.75, 3.05) is 31.6 Å². The van der Waals surface area contributed by atoms with Gasteiger partial charge in [0.2, 0.25) is 0 Å². The van der Waals surface area contributed by atoms with E-state index in [-0.39, 0.29) is 5.91 Å². The Kier molecular flexibility index (Phi) is 4.61. The molecule has 4 rings (SSSR count). The van der Waals surface area contributed by atoms with E-state index in [4.69, 9.17) is 9.47 Å². The smallest absolute Gasteiger partial charge is 0.255 e. The lowest BCUT2D eigenvalue weighted by atomic mass is 10.0. The van der Waals surface area contributed by atoms with E-state index in [1.807, 2.05) is 35.2 Å². The first-order valence-electron chi connectivity index (χ1n) is 9.00. The molecule has 3 heterocycles. The zero-order valence-corrected chi connectivity index (χ0v) is 14.9. The van der Waals surface area contributed by atoms with Gasteiger partial charge in [0, 0.05) is 37.8 Å². The number of aromatic nitrogens is 1. The molecule has 0 bridgehead atoms. The Balaban J connectivity index is 1.42. The van der Waals surface area contributed by atoms with Gasteiger partial charge in [-0.3, -0.25) is 9.78 Å². The zero-order chi connectivity index (χ0) is 18.0. The van der Waals surface area contributed by atoms with Gasteiger partial charge < -0.3 is 19.7 Å². The highest BCUT2D eigenvalue weighted by molar-refractivity contribution is 5.95. The molecule has 0 aliphatic carbocycles. The Hall–Kier alpha value is -2.44. The minimum Gasteiger partial charge on any atom is -0.354 e. The van der Waals surface area contributed by atoms with Crippen LogP contribution in [0.1, 0.15) is 28.8 Å². The minimum absolute atomic E-state index is 0.00194. The highest BCUT2D eigenvalue weighted by Gasteiger charge is 2.40. The molecule has 136 valence electrons. The number of amides is 1. The van der Waals surface area contributed by atoms with Crippen LogP contribution in [0.5, 0.6) is 0 Å². The molecule has 2 aromatic rings. The molecular formula is C20H23N3O3. The number of hydrogen-bond acceptors (Lipinski definition) is 5. The molecule has 0 radical (unpaired) electrons. The fraction of sp³-hybridized carbons (Fsp3) is 0.400. The maximum absolute atomic E-state index is 12.8. The maximum atomic E-state index is 12.8. The van der Waals surface area contributed by atoms with Gasteiger partial charge in [0.25, 0.3) is 5.91 Å². The second-order valence-electron chi connectivity index (χ2n) is 6.85. The molecule has 1 aromatic carbocycles. The molecule has 6 heteroatoms. The molecule has 6 nitrogen and oxygen atoms in total. The third-order valence-corrected chi connectivity index (χ3v) is 4.95. The highest BCUT2D eigenvalue weighted by atomic mass is 16.7. The van der Waals surface area contributed by atoms with E-state index >= 15 is 0 Å². The number of likely N-dealkylation sites (tertiary alicyclic amines) is 1. The summed E-state index contributed by atoms with van der Waals surface area (Å²) in [6.45, 7) is 4.60. The van der Waals surface area contributed by atoms with Crippen molar-refractivity contribution in [3.05, 3.63) is 53.9 Å². The summed E-state index contributed by atoms with van der Waals surface area (Å²) in [4.78, 5) is 18.9. The fourth-order valence-electron chi connectivity index (χ4n) is 3.45. The van der Waals surface area contributed by atoms with Crippen LogP contribution in [-0.2, 0) is 9.47 Å². The highest BCUT2D eigenvalue weighted by Crippen LogP contribution is 2.31. The Morgan fingerprint density at radius 2 is 1.77 bits per heavy atom. The predicted molar refractivity (Wildman–Crippen MR) is 98.5 cm³/mol. The van der Waals surface area contributed by atoms with Crippen molar-refractivity contribution >= 4 is 17.3 Å². The van der Waals surface area contributed by atoms with Gasteiger partial charge in [-0.25, -0.2) is 0 Å². The van der Waals surface area contributed by atoms with Crippen LogP contribution in [0.2, 0.25) is 0 Å². The van der Waals surface area contributed by atoms with E-state index in [0.29, 0.717) is 44.7 Å². The van der Waals surface area contributed by atoms with Crippen LogP contribution in [0.3, 0.4) is 0 Å². The summed E-state index contributed by atoms with van der Waals surface area (Å²) in [5.74, 6) is -0.470. The number of piperidine rings is 1. The number of rotatable bonds is 3. The second-order valence-corrected chi connectivity index (χ2v) is 6.85. The zero-order valence-electron chi connectivity index (χ0n) is 14.9. The van der Waals surface area contributed by atoms with Crippen molar-refractivity contribution < 1.29 is 14.3 Å². The molecule has 0 unspecified atom stereocenters. The molecule has 2 aliphatic rings. The number of ether oxygens (including phenoxy) is 2. The molecule has 1 aromatic heterocycles. The fourth-order valence-corrected chi connectivity index (χ4v) is 3.45. The third kappa shape index (κ3) is 3.57. The molecule has 1 amide bonds. The first-order valence-corrected chi connectivity index (χ1v) is 9.00. The maximum Gasteiger partial charge on any atom is 0.255 e. The standard InChI is InChI=1S/C20H23N3O3/c1-15-2-4-17(5-3-15)22-18-12-16(13-21-14-18)19(24)23-8-6-20(7-9-23)25-10-11-26-20/h2-5,12-14,22H,6-11H2,1H3. The SMILES string of the molecule is Cc1ccc(Nc2cncc(C(=O)N3CCC4(CC3)OCCO4)c2)cc1. The number of carbonyl (C=O) groups is 1. The topological polar surface area (TPSA) is 63.7 Å². The molecule has 26 heavy (non-hydrogen) atoms. The molecular weight excluding hydrogens is 330 g/mol. The largest absolute Gasteiger partial charge is 0.354 e. The van der Waals surface area contributed by atoms with Gasteiger partial charge in [-0.15, -0.1) is 0 Å². The second kappa shape index (κ2) is 7.05. The lowest BCUT2D eigenvalue weighted by molar-refractivity contribution is -0.181. The van der Waals surface area contributed by atoms with Crippen LogP contribution in [0.15, 0.2) is 42.7 Å². The Morgan fingerprint density at radius 3 is 2.46 bits per heavy atom. The molecule has 0 saturated carbocycles. The minimum atomic E-state index is -0.468. The average molecular weight is 353 g/mol. The molecule has 1 N–H and O–H groups in total. The van der Waals surface area contributed by atoms with Crippen molar-refractivity contribution in [3.63, 3.8) is 0 Å². The summed E-state index contributed by atoms with van der Waals surface area (Å²) in [7, 11) is 0. The lowest BCUT2D eigenvalue weighted by Crippen LogP contribution is -2.47. The number of aryl methyl sites for hydroxylation is 1. The first kappa shape index (κ1) is 17.0. The van der Waals surface area contributed by atoms with E-state index in [9.17, 15) is 4.79 Å². The van der Waals surface area contributed by atoms with Crippen molar-refractivity contribution in [2.45, 2.75) is 25.6 Å². The number of nitrogens with one attached hydrogen (secondary N) is 1. The number of carbonyl (C=O) groups excluding carboxylic acids is 1. The van der Waals surface area contributed by atoms with Gasteiger partial charge in [-0.2, -0.15) is 0 Å². The quantitative estimate of drug-likeness (QED) is 0.919. The van der Waals surface area contributed by atoms with Crippen molar-refractivity contribution in [1.29, 1.82) is 0 Å². The third-order valence-electron chi connectivity index (χ3n) is 4.95. The number of benzene rings is 1. The number of nitrogens with zero attached hydrogens (tertiary/aromatic N) is 2. The van der Waals surface area contributed by atoms with Crippen molar-refractivity contribution in [3.8, 4) is 0 Å². The monoisotopic (exact) mass is 353 g/mol. The van der Waals surface area contributed by atoms with E-state index < -0.39 is 5.79 Å². The average Bonchev–Trinajstić information content (AvgIpc) is 3.12. The van der Waals surface area contributed by atoms with Crippen LogP contribution in [0.4, 0.5) is 11.4 Å². The van der Waals surface area contributed by atoms with Crippen molar-refractivity contribution in [2.24, 2.45) is 0 Å². The van der Waals surface area contributed by atoms with Crippen LogP contribution in [0.25, 0.3) is 0 Å². The van der Waals surface area contributed by atoms with E-state index in [1.165, 1.54) is 5.56 Å². The summed E-state index contributed by atoms with van der Waals surface area (Å²) in [6.07, 6.45) is 4.78. The van der Waals surface area contributed by atoms with Gasteiger partial charge in [-0.1, -0.05) is 17.7 Å². The summed E-state index contributed by atoms with van der Waals surface area (Å²) in [6, 6.07) is 9.95. The number of pyridine rings is 1. The van der Waals surface area contributed by atoms with Gasteiger partial charge >= 0.3 is 0 Å². The molecule has 1 spiro atoms. The van der Waals surface area contributed by atoms with E-state index in [1.54, 1.807) is 12.4 Å². The summed E-state index contributed by atoms with van der Waals surface area (Å²) < 4.78 is 11.5. The van der Waals surface area contributed by atoms with E-state index in [2.05, 4.69) is 17.2 Å². The van der Waals surface area contributed by atoms with Crippen LogP contribution >= 0.6 is 0 Å². The van der Waals surface area contributed by atoms with Gasteiger partial charge in [-0.05, 0) is 25.1 Å². The summed E-state index contributed by atoms with van der Waals surface area (Å²) in [5.41, 5.74) is 3.56. The van der Waals surface area contributed by atoms with Gasteiger partial charge in [0.15, 0.2) is 5.79 Å². The normalized spacial score (nSPS) is 18.9. The molecule has 2 aliphatic heterocycles. The van der Waals surface area contributed by atoms with Crippen LogP contribution in [0, 0.1) is 6.92 Å². The predicted octanol–water partition coefficient (Wildman–Crippen LogP) is 3.11. The number of hydrogen-bond donors (Lipinski definition) is 1. The van der Waals surface area contributed by atoms with Gasteiger partial charge in [0.05, 0.1) is 30.7 Å². The Labute approximate surface area is 153 Å². The van der Waals surface area contributed by atoms with Crippen LogP contribution in [-0.4, -0.2) is 47.9 Å². The first-order chi connectivity index (χ1) is 12.6. The molecule has 2 fully saturated rings. The summed E-state index contributed by atoms with van der Waals surface area (Å²) >= 11 is 0. The summed E-state index contributed by atoms with van der Waals surface area (Å²) in [5, 5.41) is 3.30. The Morgan fingerprint density at radius 1 is 1.08 bits per heavy atom. The molecule has 0 atom stereocenters. The van der Waals surface area contributed by atoms with Crippen LogP contribution < -0.4 is 5.32 Å². The van der Waals surface area contributed by atoms with Gasteiger partial charge in [0.1, 0.15) is 0 Å². The Bertz CT molecular complexity index is 775. The molecule has 2 saturated heterocycles.